The Bertz CT molecular complexity index is 531. The number of nitrogens with one attached hydrogen (secondary N) is 1. The van der Waals surface area contributed by atoms with Crippen LogP contribution in [0.3, 0.4) is 0 Å². The molecular formula is C14H20N4OS. The molecule has 0 aliphatic rings. The molecule has 2 heterocycles. The van der Waals surface area contributed by atoms with E-state index < -0.39 is 0 Å². The number of anilines is 1. The standard InChI is InChI=1S/C14H20N4OS/c1-3-17(4-2)7-8-18-11-12(10-15-18)16-14(19)13-6-5-9-20-13/h5-6,9-11H,3-4,7-8H2,1-2H3,(H,16,19). The highest BCUT2D eigenvalue weighted by Crippen LogP contribution is 2.12. The molecular weight excluding hydrogens is 272 g/mol. The van der Waals surface area contributed by atoms with E-state index in [2.05, 4.69) is 29.2 Å². The summed E-state index contributed by atoms with van der Waals surface area (Å²) in [7, 11) is 0. The number of hydrogen-bond acceptors (Lipinski definition) is 4. The van der Waals surface area contributed by atoms with E-state index in [-0.39, 0.29) is 5.91 Å². The minimum Gasteiger partial charge on any atom is -0.319 e. The molecule has 20 heavy (non-hydrogen) atoms. The van der Waals surface area contributed by atoms with E-state index >= 15 is 0 Å². The summed E-state index contributed by atoms with van der Waals surface area (Å²) in [6.45, 7) is 8.18. The molecule has 2 aromatic heterocycles. The molecule has 5 nitrogen and oxygen atoms in total. The fourth-order valence-electron chi connectivity index (χ4n) is 1.93. The van der Waals surface area contributed by atoms with Crippen LogP contribution in [0.5, 0.6) is 0 Å². The van der Waals surface area contributed by atoms with Crippen molar-refractivity contribution < 1.29 is 4.79 Å². The fourth-order valence-corrected chi connectivity index (χ4v) is 2.55. The first-order valence-electron chi connectivity index (χ1n) is 6.82. The Morgan fingerprint density at radius 1 is 1.45 bits per heavy atom. The Morgan fingerprint density at radius 3 is 2.90 bits per heavy atom. The van der Waals surface area contributed by atoms with Crippen LogP contribution in [0.1, 0.15) is 23.5 Å². The molecule has 1 N–H and O–H groups in total. The summed E-state index contributed by atoms with van der Waals surface area (Å²) in [6.07, 6.45) is 3.56. The predicted molar refractivity (Wildman–Crippen MR) is 82.3 cm³/mol. The van der Waals surface area contributed by atoms with Crippen molar-refractivity contribution in [3.05, 3.63) is 34.8 Å². The third-order valence-electron chi connectivity index (χ3n) is 3.18. The maximum absolute atomic E-state index is 11.9. The molecule has 0 radical (unpaired) electrons. The minimum atomic E-state index is -0.0803. The van der Waals surface area contributed by atoms with Crippen LogP contribution in [0, 0.1) is 0 Å². The maximum atomic E-state index is 11.9. The van der Waals surface area contributed by atoms with Crippen LogP contribution >= 0.6 is 11.3 Å². The lowest BCUT2D eigenvalue weighted by Gasteiger charge is -2.17. The Hall–Kier alpha value is -1.66. The van der Waals surface area contributed by atoms with Gasteiger partial charge in [0, 0.05) is 12.7 Å². The number of amides is 1. The van der Waals surface area contributed by atoms with Crippen LogP contribution in [0.15, 0.2) is 29.9 Å². The first kappa shape index (κ1) is 14.7. The number of carbonyl (C=O) groups is 1. The van der Waals surface area contributed by atoms with E-state index in [9.17, 15) is 4.79 Å². The monoisotopic (exact) mass is 292 g/mol. The number of carbonyl (C=O) groups excluding carboxylic acids is 1. The summed E-state index contributed by atoms with van der Waals surface area (Å²) in [5.41, 5.74) is 0.739. The van der Waals surface area contributed by atoms with Gasteiger partial charge in [0.15, 0.2) is 0 Å². The number of rotatable bonds is 7. The topological polar surface area (TPSA) is 50.2 Å². The van der Waals surface area contributed by atoms with Crippen molar-refractivity contribution in [2.75, 3.05) is 25.0 Å². The van der Waals surface area contributed by atoms with Crippen molar-refractivity contribution in [2.24, 2.45) is 0 Å². The van der Waals surface area contributed by atoms with E-state index in [1.807, 2.05) is 28.4 Å². The third-order valence-corrected chi connectivity index (χ3v) is 4.04. The Labute approximate surface area is 123 Å². The lowest BCUT2D eigenvalue weighted by molar-refractivity contribution is 0.103. The maximum Gasteiger partial charge on any atom is 0.265 e. The molecule has 0 aliphatic heterocycles. The Kier molecular flexibility index (Phi) is 5.31. The number of likely N-dealkylation sites (N-methyl/N-ethyl adjacent to an activating group) is 1. The van der Waals surface area contributed by atoms with E-state index in [0.717, 1.165) is 31.9 Å². The highest BCUT2D eigenvalue weighted by molar-refractivity contribution is 7.12. The van der Waals surface area contributed by atoms with Crippen LogP contribution in [0.2, 0.25) is 0 Å². The second-order valence-corrected chi connectivity index (χ2v) is 5.40. The van der Waals surface area contributed by atoms with Gasteiger partial charge in [0.25, 0.3) is 5.91 Å². The molecule has 2 rings (SSSR count). The molecule has 0 saturated heterocycles. The van der Waals surface area contributed by atoms with Gasteiger partial charge in [-0.2, -0.15) is 5.10 Å². The fraction of sp³-hybridized carbons (Fsp3) is 0.429. The molecule has 0 saturated carbocycles. The molecule has 6 heteroatoms. The van der Waals surface area contributed by atoms with Gasteiger partial charge < -0.3 is 10.2 Å². The van der Waals surface area contributed by atoms with E-state index in [1.165, 1.54) is 11.3 Å². The van der Waals surface area contributed by atoms with Crippen LogP contribution in [0.4, 0.5) is 5.69 Å². The van der Waals surface area contributed by atoms with Crippen molar-refractivity contribution in [1.29, 1.82) is 0 Å². The van der Waals surface area contributed by atoms with E-state index in [1.54, 1.807) is 6.20 Å². The van der Waals surface area contributed by atoms with E-state index in [4.69, 9.17) is 0 Å². The summed E-state index contributed by atoms with van der Waals surface area (Å²) >= 11 is 1.43. The van der Waals surface area contributed by atoms with Crippen molar-refractivity contribution in [1.82, 2.24) is 14.7 Å². The van der Waals surface area contributed by atoms with E-state index in [0.29, 0.717) is 4.88 Å². The van der Waals surface area contributed by atoms with Crippen LogP contribution < -0.4 is 5.32 Å². The van der Waals surface area contributed by atoms with Gasteiger partial charge >= 0.3 is 0 Å². The average molecular weight is 292 g/mol. The number of nitrogens with zero attached hydrogens (tertiary/aromatic N) is 3. The van der Waals surface area contributed by atoms with Gasteiger partial charge in [0.2, 0.25) is 0 Å². The van der Waals surface area contributed by atoms with Gasteiger partial charge in [-0.1, -0.05) is 19.9 Å². The van der Waals surface area contributed by atoms with Gasteiger partial charge in [-0.15, -0.1) is 11.3 Å². The summed E-state index contributed by atoms with van der Waals surface area (Å²) < 4.78 is 1.86. The molecule has 1 amide bonds. The zero-order valence-corrected chi connectivity index (χ0v) is 12.7. The Balaban J connectivity index is 1.87. The highest BCUT2D eigenvalue weighted by Gasteiger charge is 2.08. The molecule has 108 valence electrons. The number of aromatic nitrogens is 2. The van der Waals surface area contributed by atoms with Crippen molar-refractivity contribution >= 4 is 22.9 Å². The zero-order chi connectivity index (χ0) is 14.4. The van der Waals surface area contributed by atoms with Crippen molar-refractivity contribution in [3.8, 4) is 0 Å². The van der Waals surface area contributed by atoms with Gasteiger partial charge in [0.05, 0.1) is 23.3 Å². The summed E-state index contributed by atoms with van der Waals surface area (Å²) in [5.74, 6) is -0.0803. The van der Waals surface area contributed by atoms with Gasteiger partial charge in [0.1, 0.15) is 0 Å². The molecule has 0 aliphatic carbocycles. The smallest absolute Gasteiger partial charge is 0.265 e. The number of thiophene rings is 1. The zero-order valence-electron chi connectivity index (χ0n) is 11.9. The van der Waals surface area contributed by atoms with Crippen LogP contribution in [-0.4, -0.2) is 40.2 Å². The largest absolute Gasteiger partial charge is 0.319 e. The minimum absolute atomic E-state index is 0.0803. The molecule has 0 fully saturated rings. The molecule has 0 bridgehead atoms. The highest BCUT2D eigenvalue weighted by atomic mass is 32.1. The van der Waals surface area contributed by atoms with Crippen LogP contribution in [0.25, 0.3) is 0 Å². The van der Waals surface area contributed by atoms with Gasteiger partial charge in [-0.25, -0.2) is 0 Å². The number of hydrogen-bond donors (Lipinski definition) is 1. The predicted octanol–water partition coefficient (Wildman–Crippen LogP) is 2.54. The van der Waals surface area contributed by atoms with Gasteiger partial charge in [-0.3, -0.25) is 9.48 Å². The molecule has 2 aromatic rings. The lowest BCUT2D eigenvalue weighted by atomic mass is 10.4. The second-order valence-electron chi connectivity index (χ2n) is 4.45. The summed E-state index contributed by atoms with van der Waals surface area (Å²) in [4.78, 5) is 14.9. The summed E-state index contributed by atoms with van der Waals surface area (Å²) in [5, 5.41) is 9.02. The normalized spacial score (nSPS) is 10.9. The quantitative estimate of drug-likeness (QED) is 0.853. The third kappa shape index (κ3) is 3.91. The van der Waals surface area contributed by atoms with Crippen molar-refractivity contribution in [2.45, 2.75) is 20.4 Å². The average Bonchev–Trinajstić information content (AvgIpc) is 3.11. The van der Waals surface area contributed by atoms with Gasteiger partial charge in [-0.05, 0) is 24.5 Å². The molecule has 0 atom stereocenters. The van der Waals surface area contributed by atoms with Crippen LogP contribution in [-0.2, 0) is 6.54 Å². The second kappa shape index (κ2) is 7.21. The molecule has 0 spiro atoms. The molecule has 0 aromatic carbocycles. The Morgan fingerprint density at radius 2 is 2.25 bits per heavy atom. The first-order valence-corrected chi connectivity index (χ1v) is 7.70. The SMILES string of the molecule is CCN(CC)CCn1cc(NC(=O)c2cccs2)cn1. The van der Waals surface area contributed by atoms with Crippen molar-refractivity contribution in [3.63, 3.8) is 0 Å². The summed E-state index contributed by atoms with van der Waals surface area (Å²) in [6, 6.07) is 3.68. The first-order chi connectivity index (χ1) is 9.72. The molecule has 0 unspecified atom stereocenters. The lowest BCUT2D eigenvalue weighted by Crippen LogP contribution is -2.27.